The molecule has 3 rings (SSSR count). The second-order valence-corrected chi connectivity index (χ2v) is 4.88. The number of halogens is 3. The van der Waals surface area contributed by atoms with Crippen LogP contribution in [0.2, 0.25) is 0 Å². The number of aromatic nitrogens is 2. The van der Waals surface area contributed by atoms with Crippen LogP contribution in [0, 0.1) is 17.5 Å². The minimum atomic E-state index is -1.67. The van der Waals surface area contributed by atoms with Crippen molar-refractivity contribution in [1.82, 2.24) is 9.97 Å². The quantitative estimate of drug-likeness (QED) is 0.691. The van der Waals surface area contributed by atoms with E-state index in [2.05, 4.69) is 20.6 Å². The van der Waals surface area contributed by atoms with E-state index in [1.807, 2.05) is 0 Å². The van der Waals surface area contributed by atoms with E-state index in [4.69, 9.17) is 4.42 Å². The highest BCUT2D eigenvalue weighted by atomic mass is 19.2. The lowest BCUT2D eigenvalue weighted by Crippen LogP contribution is -2.16. The Balaban J connectivity index is 1.72. The van der Waals surface area contributed by atoms with Gasteiger partial charge in [0.2, 0.25) is 5.95 Å². The second kappa shape index (κ2) is 7.04. The maximum absolute atomic E-state index is 13.6. The number of rotatable bonds is 5. The molecule has 0 aliphatic carbocycles. The van der Waals surface area contributed by atoms with Gasteiger partial charge < -0.3 is 15.1 Å². The van der Waals surface area contributed by atoms with Crippen molar-refractivity contribution in [3.63, 3.8) is 0 Å². The normalized spacial score (nSPS) is 10.5. The lowest BCUT2D eigenvalue weighted by Gasteiger charge is -2.08. The molecular formula is C16H11F3N4O2. The molecule has 0 atom stereocenters. The number of carbonyl (C=O) groups is 1. The van der Waals surface area contributed by atoms with Gasteiger partial charge in [0.1, 0.15) is 11.5 Å². The molecule has 2 heterocycles. The van der Waals surface area contributed by atoms with Crippen LogP contribution < -0.4 is 10.6 Å². The van der Waals surface area contributed by atoms with Crippen LogP contribution >= 0.6 is 0 Å². The molecule has 0 saturated heterocycles. The Labute approximate surface area is 139 Å². The molecular weight excluding hydrogens is 337 g/mol. The Morgan fingerprint density at radius 2 is 1.96 bits per heavy atom. The van der Waals surface area contributed by atoms with Crippen LogP contribution in [0.1, 0.15) is 16.2 Å². The van der Waals surface area contributed by atoms with Crippen molar-refractivity contribution in [1.29, 1.82) is 0 Å². The monoisotopic (exact) mass is 348 g/mol. The fraction of sp³-hybridized carbons (Fsp3) is 0.0625. The highest BCUT2D eigenvalue weighted by Crippen LogP contribution is 2.20. The lowest BCUT2D eigenvalue weighted by molar-refractivity contribution is 0.102. The van der Waals surface area contributed by atoms with E-state index in [9.17, 15) is 18.0 Å². The second-order valence-electron chi connectivity index (χ2n) is 4.88. The Kier molecular flexibility index (Phi) is 4.64. The topological polar surface area (TPSA) is 80.0 Å². The van der Waals surface area contributed by atoms with Gasteiger partial charge in [-0.2, -0.15) is 0 Å². The van der Waals surface area contributed by atoms with Crippen molar-refractivity contribution in [2.24, 2.45) is 0 Å². The number of hydrogen-bond donors (Lipinski definition) is 2. The minimum Gasteiger partial charge on any atom is -0.467 e. The van der Waals surface area contributed by atoms with Crippen molar-refractivity contribution in [2.75, 3.05) is 10.6 Å². The summed E-state index contributed by atoms with van der Waals surface area (Å²) in [6.07, 6.45) is 2.84. The third-order valence-electron chi connectivity index (χ3n) is 3.17. The van der Waals surface area contributed by atoms with Crippen LogP contribution in [0.15, 0.2) is 47.2 Å². The first-order valence-corrected chi connectivity index (χ1v) is 7.09. The van der Waals surface area contributed by atoms with Gasteiger partial charge in [-0.15, -0.1) is 0 Å². The van der Waals surface area contributed by atoms with Gasteiger partial charge in [0.15, 0.2) is 17.5 Å². The maximum Gasteiger partial charge on any atom is 0.274 e. The molecule has 9 heteroatoms. The van der Waals surface area contributed by atoms with Crippen LogP contribution in [0.25, 0.3) is 0 Å². The number of nitrogens with zero attached hydrogens (tertiary/aromatic N) is 2. The average molecular weight is 348 g/mol. The third-order valence-corrected chi connectivity index (χ3v) is 3.17. The number of amides is 1. The van der Waals surface area contributed by atoms with Crippen LogP contribution in [0.4, 0.5) is 24.8 Å². The third kappa shape index (κ3) is 3.77. The summed E-state index contributed by atoms with van der Waals surface area (Å²) in [5.74, 6) is -4.51. The summed E-state index contributed by atoms with van der Waals surface area (Å²) in [5, 5.41) is 4.99. The van der Waals surface area contributed by atoms with E-state index in [1.54, 1.807) is 12.1 Å². The highest BCUT2D eigenvalue weighted by Gasteiger charge is 2.17. The van der Waals surface area contributed by atoms with Crippen molar-refractivity contribution >= 4 is 17.5 Å². The molecule has 0 bridgehead atoms. The molecule has 6 nitrogen and oxygen atoms in total. The summed E-state index contributed by atoms with van der Waals surface area (Å²) in [5.41, 5.74) is -0.575. The molecule has 2 aromatic heterocycles. The number of benzene rings is 1. The maximum atomic E-state index is 13.6. The zero-order valence-corrected chi connectivity index (χ0v) is 12.6. The predicted molar refractivity (Wildman–Crippen MR) is 82.3 cm³/mol. The lowest BCUT2D eigenvalue weighted by atomic mass is 10.2. The van der Waals surface area contributed by atoms with Crippen molar-refractivity contribution in [3.8, 4) is 0 Å². The average Bonchev–Trinajstić information content (AvgIpc) is 3.14. The molecule has 0 aliphatic rings. The fourth-order valence-corrected chi connectivity index (χ4v) is 1.96. The van der Waals surface area contributed by atoms with Crippen molar-refractivity contribution < 1.29 is 22.4 Å². The molecule has 0 aliphatic heterocycles. The molecule has 0 unspecified atom stereocenters. The Bertz CT molecular complexity index is 900. The van der Waals surface area contributed by atoms with E-state index < -0.39 is 29.0 Å². The largest absolute Gasteiger partial charge is 0.467 e. The standard InChI is InChI=1S/C16H11F3N4O2/c17-10-3-4-11(14(19)13(10)18)22-15(24)12-5-6-20-16(23-12)21-8-9-2-1-7-25-9/h1-7H,8H2,(H,22,24)(H,20,21,23). The van der Waals surface area contributed by atoms with E-state index in [1.165, 1.54) is 18.5 Å². The minimum absolute atomic E-state index is 0.0823. The first-order valence-electron chi connectivity index (χ1n) is 7.09. The van der Waals surface area contributed by atoms with Gasteiger partial charge in [-0.25, -0.2) is 23.1 Å². The van der Waals surface area contributed by atoms with E-state index in [0.29, 0.717) is 18.4 Å². The number of anilines is 2. The van der Waals surface area contributed by atoms with E-state index in [-0.39, 0.29) is 11.6 Å². The fourth-order valence-electron chi connectivity index (χ4n) is 1.96. The molecule has 25 heavy (non-hydrogen) atoms. The molecule has 1 aromatic carbocycles. The van der Waals surface area contributed by atoms with Crippen molar-refractivity contribution in [2.45, 2.75) is 6.54 Å². The Hall–Kier alpha value is -3.36. The van der Waals surface area contributed by atoms with Crippen molar-refractivity contribution in [3.05, 3.63) is 71.7 Å². The van der Waals surface area contributed by atoms with Gasteiger partial charge in [-0.3, -0.25) is 4.79 Å². The number of carbonyl (C=O) groups excluding carboxylic acids is 1. The molecule has 2 N–H and O–H groups in total. The van der Waals surface area contributed by atoms with Crippen LogP contribution in [0.3, 0.4) is 0 Å². The Morgan fingerprint density at radius 3 is 2.72 bits per heavy atom. The molecule has 128 valence electrons. The van der Waals surface area contributed by atoms with E-state index in [0.717, 1.165) is 6.07 Å². The summed E-state index contributed by atoms with van der Waals surface area (Å²) in [6.45, 7) is 0.301. The summed E-state index contributed by atoms with van der Waals surface area (Å²) < 4.78 is 44.9. The van der Waals surface area contributed by atoms with Crippen LogP contribution in [-0.4, -0.2) is 15.9 Å². The molecule has 1 amide bonds. The van der Waals surface area contributed by atoms with Gasteiger partial charge in [0.25, 0.3) is 5.91 Å². The number of furan rings is 1. The van der Waals surface area contributed by atoms with Gasteiger partial charge in [0.05, 0.1) is 18.5 Å². The summed E-state index contributed by atoms with van der Waals surface area (Å²) in [4.78, 5) is 20.0. The number of nitrogens with one attached hydrogen (secondary N) is 2. The van der Waals surface area contributed by atoms with Gasteiger partial charge in [-0.1, -0.05) is 0 Å². The highest BCUT2D eigenvalue weighted by molar-refractivity contribution is 6.03. The SMILES string of the molecule is O=C(Nc1ccc(F)c(F)c1F)c1ccnc(NCc2ccco2)n1. The smallest absolute Gasteiger partial charge is 0.274 e. The summed E-state index contributed by atoms with van der Waals surface area (Å²) in [7, 11) is 0. The number of hydrogen-bond acceptors (Lipinski definition) is 5. The van der Waals surface area contributed by atoms with Gasteiger partial charge >= 0.3 is 0 Å². The predicted octanol–water partition coefficient (Wildman–Crippen LogP) is 3.35. The van der Waals surface area contributed by atoms with Crippen LogP contribution in [0.5, 0.6) is 0 Å². The van der Waals surface area contributed by atoms with Crippen LogP contribution in [-0.2, 0) is 6.54 Å². The van der Waals surface area contributed by atoms with Gasteiger partial charge in [-0.05, 0) is 30.3 Å². The first kappa shape index (κ1) is 16.5. The Morgan fingerprint density at radius 1 is 1.12 bits per heavy atom. The molecule has 0 saturated carbocycles. The zero-order valence-electron chi connectivity index (χ0n) is 12.6. The molecule has 3 aromatic rings. The van der Waals surface area contributed by atoms with Gasteiger partial charge in [0, 0.05) is 6.20 Å². The molecule has 0 radical (unpaired) electrons. The van der Waals surface area contributed by atoms with E-state index >= 15 is 0 Å². The zero-order chi connectivity index (χ0) is 17.8. The summed E-state index contributed by atoms with van der Waals surface area (Å²) in [6, 6.07) is 6.39. The summed E-state index contributed by atoms with van der Waals surface area (Å²) >= 11 is 0. The first-order chi connectivity index (χ1) is 12.0. The molecule has 0 fully saturated rings. The molecule has 0 spiro atoms.